The van der Waals surface area contributed by atoms with Crippen LogP contribution in [-0.4, -0.2) is 8.11 Å². The van der Waals surface area contributed by atoms with E-state index in [0.717, 1.165) is 0 Å². The Labute approximate surface area is 50.2 Å². The molecular formula is C4H8ClNSi. The minimum Gasteiger partial charge on any atom is -0.198 e. The molecule has 2 unspecified atom stereocenters. The summed E-state index contributed by atoms with van der Waals surface area (Å²) in [6, 6.07) is 2.09. The number of nitriles is 1. The molecule has 0 saturated heterocycles. The van der Waals surface area contributed by atoms with Crippen molar-refractivity contribution in [3.63, 3.8) is 0 Å². The first-order valence-corrected chi connectivity index (χ1v) is 5.79. The summed E-state index contributed by atoms with van der Waals surface area (Å²) in [6.45, 7) is 3.82. The second kappa shape index (κ2) is 3.06. The van der Waals surface area contributed by atoms with E-state index in [1.807, 2.05) is 13.5 Å². The predicted octanol–water partition coefficient (Wildman–Crippen LogP) is 1.49. The molecule has 0 amide bonds. The molecular weight excluding hydrogens is 126 g/mol. The van der Waals surface area contributed by atoms with Gasteiger partial charge in [-0.15, -0.1) is 0 Å². The fourth-order valence-corrected chi connectivity index (χ4v) is 0.477. The third kappa shape index (κ3) is 2.66. The Balaban J connectivity index is 3.40. The monoisotopic (exact) mass is 133 g/mol. The summed E-state index contributed by atoms with van der Waals surface area (Å²) < 4.78 is 0. The minimum absolute atomic E-state index is 0.113. The van der Waals surface area contributed by atoms with Crippen molar-refractivity contribution in [2.24, 2.45) is 0 Å². The number of hydrogen-bond donors (Lipinski definition) is 0. The van der Waals surface area contributed by atoms with Gasteiger partial charge >= 0.3 is 0 Å². The Morgan fingerprint density at radius 3 is 2.29 bits per heavy atom. The van der Waals surface area contributed by atoms with Gasteiger partial charge in [0, 0.05) is 5.54 Å². The molecule has 0 aromatic carbocycles. The molecule has 0 spiro atoms. The third-order valence-electron chi connectivity index (χ3n) is 0.893. The summed E-state index contributed by atoms with van der Waals surface area (Å²) in [4.78, 5) is 0. The van der Waals surface area contributed by atoms with Crippen molar-refractivity contribution in [3.8, 4) is 6.07 Å². The number of hydrogen-bond acceptors (Lipinski definition) is 1. The zero-order valence-electron chi connectivity index (χ0n) is 4.48. The lowest BCUT2D eigenvalue weighted by molar-refractivity contribution is 1.19. The highest BCUT2D eigenvalue weighted by atomic mass is 35.6. The zero-order chi connectivity index (χ0) is 5.86. The van der Waals surface area contributed by atoms with Gasteiger partial charge in [0.2, 0.25) is 0 Å². The molecule has 0 aliphatic carbocycles. The van der Waals surface area contributed by atoms with Crippen LogP contribution < -0.4 is 0 Å². The summed E-state index contributed by atoms with van der Waals surface area (Å²) in [5.74, 6) is 0. The first kappa shape index (κ1) is 7.00. The molecule has 3 heteroatoms. The van der Waals surface area contributed by atoms with E-state index in [2.05, 4.69) is 6.07 Å². The normalized spacial score (nSPS) is 17.4. The second-order valence-electron chi connectivity index (χ2n) is 1.60. The number of nitrogens with zero attached hydrogens (tertiary/aromatic N) is 1. The van der Waals surface area contributed by atoms with Gasteiger partial charge in [-0.25, -0.2) is 0 Å². The standard InChI is InChI=1S/C4H8ClNSi/c1-4(3-6)7(2)5/h4,7H,1-2H3. The first-order chi connectivity index (χ1) is 3.18. The van der Waals surface area contributed by atoms with Gasteiger partial charge in [0.25, 0.3) is 0 Å². The maximum absolute atomic E-state index is 8.21. The van der Waals surface area contributed by atoms with E-state index < -0.39 is 8.11 Å². The van der Waals surface area contributed by atoms with Gasteiger partial charge in [-0.1, -0.05) is 13.5 Å². The van der Waals surface area contributed by atoms with Gasteiger partial charge < -0.3 is 0 Å². The molecule has 0 aliphatic heterocycles. The number of rotatable bonds is 1. The Hall–Kier alpha value is -0.00312. The largest absolute Gasteiger partial charge is 0.198 e. The van der Waals surface area contributed by atoms with Crippen LogP contribution in [0.5, 0.6) is 0 Å². The molecule has 0 N–H and O–H groups in total. The summed E-state index contributed by atoms with van der Waals surface area (Å²) in [5, 5.41) is 8.21. The molecule has 1 nitrogen and oxygen atoms in total. The third-order valence-corrected chi connectivity index (χ3v) is 3.55. The van der Waals surface area contributed by atoms with Crippen molar-refractivity contribution in [2.75, 3.05) is 0 Å². The number of halogens is 1. The van der Waals surface area contributed by atoms with Crippen LogP contribution in [0.25, 0.3) is 0 Å². The van der Waals surface area contributed by atoms with E-state index in [-0.39, 0.29) is 5.54 Å². The summed E-state index contributed by atoms with van der Waals surface area (Å²) in [5.41, 5.74) is 0.113. The minimum atomic E-state index is -1.15. The molecule has 0 radical (unpaired) electrons. The van der Waals surface area contributed by atoms with Crippen molar-refractivity contribution in [1.29, 1.82) is 5.26 Å². The maximum atomic E-state index is 8.21. The van der Waals surface area contributed by atoms with Crippen molar-refractivity contribution in [2.45, 2.75) is 19.0 Å². The van der Waals surface area contributed by atoms with Crippen LogP contribution in [0.15, 0.2) is 0 Å². The van der Waals surface area contributed by atoms with Crippen LogP contribution in [0.1, 0.15) is 6.92 Å². The summed E-state index contributed by atoms with van der Waals surface area (Å²) >= 11 is 5.64. The Kier molecular flexibility index (Phi) is 3.06. The van der Waals surface area contributed by atoms with Crippen LogP contribution >= 0.6 is 11.1 Å². The van der Waals surface area contributed by atoms with E-state index in [9.17, 15) is 0 Å². The molecule has 0 aromatic heterocycles. The molecule has 2 atom stereocenters. The van der Waals surface area contributed by atoms with E-state index in [0.29, 0.717) is 0 Å². The SMILES string of the molecule is CC(C#N)[SiH](C)Cl. The molecule has 7 heavy (non-hydrogen) atoms. The zero-order valence-corrected chi connectivity index (χ0v) is 6.39. The second-order valence-corrected chi connectivity index (χ2v) is 6.02. The van der Waals surface area contributed by atoms with Crippen LogP contribution in [0.3, 0.4) is 0 Å². The maximum Gasteiger partial charge on any atom is 0.154 e. The van der Waals surface area contributed by atoms with Crippen LogP contribution in [0.2, 0.25) is 12.1 Å². The fourth-order valence-electron chi connectivity index (χ4n) is 0.103. The average Bonchev–Trinajstić information content (AvgIpc) is 1.65. The van der Waals surface area contributed by atoms with Gasteiger partial charge in [0.05, 0.1) is 6.07 Å². The van der Waals surface area contributed by atoms with Crippen molar-refractivity contribution in [3.05, 3.63) is 0 Å². The molecule has 0 bridgehead atoms. The van der Waals surface area contributed by atoms with E-state index >= 15 is 0 Å². The quantitative estimate of drug-likeness (QED) is 0.393. The van der Waals surface area contributed by atoms with E-state index in [1.54, 1.807) is 0 Å². The summed E-state index contributed by atoms with van der Waals surface area (Å²) in [7, 11) is -1.15. The smallest absolute Gasteiger partial charge is 0.154 e. The Morgan fingerprint density at radius 1 is 1.86 bits per heavy atom. The highest BCUT2D eigenvalue weighted by Crippen LogP contribution is 2.08. The molecule has 0 saturated carbocycles. The van der Waals surface area contributed by atoms with Gasteiger partial charge in [0.1, 0.15) is 0 Å². The van der Waals surface area contributed by atoms with Gasteiger partial charge in [-0.05, 0) is 0 Å². The van der Waals surface area contributed by atoms with Crippen molar-refractivity contribution in [1.82, 2.24) is 0 Å². The highest BCUT2D eigenvalue weighted by Gasteiger charge is 2.07. The summed E-state index contributed by atoms with van der Waals surface area (Å²) in [6.07, 6.45) is 0. The molecule has 40 valence electrons. The highest BCUT2D eigenvalue weighted by molar-refractivity contribution is 7.07. The van der Waals surface area contributed by atoms with Crippen LogP contribution in [-0.2, 0) is 0 Å². The predicted molar refractivity (Wildman–Crippen MR) is 33.9 cm³/mol. The van der Waals surface area contributed by atoms with Gasteiger partial charge in [0.15, 0.2) is 8.11 Å². The van der Waals surface area contributed by atoms with Crippen molar-refractivity contribution >= 4 is 19.2 Å². The topological polar surface area (TPSA) is 23.8 Å². The first-order valence-electron chi connectivity index (χ1n) is 2.22. The molecule has 0 heterocycles. The molecule has 0 rings (SSSR count). The molecule has 0 aromatic rings. The average molecular weight is 134 g/mol. The lowest BCUT2D eigenvalue weighted by Crippen LogP contribution is -2.01. The molecule has 0 aliphatic rings. The van der Waals surface area contributed by atoms with Crippen molar-refractivity contribution < 1.29 is 0 Å². The van der Waals surface area contributed by atoms with Gasteiger partial charge in [-0.2, -0.15) is 16.3 Å². The van der Waals surface area contributed by atoms with E-state index in [1.165, 1.54) is 0 Å². The lowest BCUT2D eigenvalue weighted by atomic mass is 10.5. The van der Waals surface area contributed by atoms with Crippen LogP contribution in [0.4, 0.5) is 0 Å². The fraction of sp³-hybridized carbons (Fsp3) is 0.750. The van der Waals surface area contributed by atoms with Crippen LogP contribution in [0, 0.1) is 11.3 Å². The Bertz CT molecular complexity index is 86.2. The Morgan fingerprint density at radius 2 is 2.29 bits per heavy atom. The van der Waals surface area contributed by atoms with E-state index in [4.69, 9.17) is 16.3 Å². The molecule has 0 fully saturated rings. The van der Waals surface area contributed by atoms with Gasteiger partial charge in [-0.3, -0.25) is 0 Å². The lowest BCUT2D eigenvalue weighted by Gasteiger charge is -1.97.